The Kier molecular flexibility index (Phi) is 7.18. The fraction of sp³-hybridized carbons (Fsp3) is 0.276. The van der Waals surface area contributed by atoms with Gasteiger partial charge in [0.25, 0.3) is 0 Å². The zero-order chi connectivity index (χ0) is 26.0. The molecule has 1 atom stereocenters. The zero-order valence-electron chi connectivity index (χ0n) is 21.0. The van der Waals surface area contributed by atoms with E-state index in [1.165, 1.54) is 6.08 Å². The molecule has 36 heavy (non-hydrogen) atoms. The van der Waals surface area contributed by atoms with Crippen LogP contribution in [0.1, 0.15) is 45.2 Å². The molecular weight excluding hydrogens is 474 g/mol. The Morgan fingerprint density at radius 2 is 1.83 bits per heavy atom. The Labute approximate surface area is 216 Å². The molecule has 3 aromatic carbocycles. The molecule has 1 heterocycles. The minimum Gasteiger partial charge on any atom is -0.507 e. The first kappa shape index (κ1) is 25.5. The normalized spacial score (nSPS) is 12.5. The van der Waals surface area contributed by atoms with Crippen LogP contribution in [0.4, 0.5) is 0 Å². The number of aromatic nitrogens is 3. The number of hydrogen-bond donors (Lipinski definition) is 1. The maximum atomic E-state index is 11.5. The van der Waals surface area contributed by atoms with Crippen molar-refractivity contribution in [3.05, 3.63) is 83.4 Å². The number of benzene rings is 3. The Balaban J connectivity index is 1.69. The summed E-state index contributed by atoms with van der Waals surface area (Å²) < 4.78 is 5.28. The minimum absolute atomic E-state index is 0.209. The van der Waals surface area contributed by atoms with E-state index in [4.69, 9.17) is 16.3 Å². The van der Waals surface area contributed by atoms with Crippen molar-refractivity contribution in [2.45, 2.75) is 52.1 Å². The number of nitrogens with zero attached hydrogens (tertiary/aromatic N) is 3. The third kappa shape index (κ3) is 5.60. The molecule has 0 aliphatic heterocycles. The predicted molar refractivity (Wildman–Crippen MR) is 144 cm³/mol. The highest BCUT2D eigenvalue weighted by atomic mass is 35.5. The van der Waals surface area contributed by atoms with Gasteiger partial charge in [-0.1, -0.05) is 51.1 Å². The number of phenolic OH excluding ortho intramolecular Hbond substituents is 1. The van der Waals surface area contributed by atoms with Gasteiger partial charge in [-0.2, -0.15) is 4.80 Å². The topological polar surface area (TPSA) is 77.2 Å². The molecule has 6 nitrogen and oxygen atoms in total. The molecule has 186 valence electrons. The van der Waals surface area contributed by atoms with Gasteiger partial charge in [0.2, 0.25) is 0 Å². The van der Waals surface area contributed by atoms with Gasteiger partial charge in [0.15, 0.2) is 0 Å². The number of rotatable bonds is 7. The molecule has 1 unspecified atom stereocenters. The van der Waals surface area contributed by atoms with E-state index >= 15 is 0 Å². The molecule has 0 radical (unpaired) electrons. The first-order valence-corrected chi connectivity index (χ1v) is 12.3. The van der Waals surface area contributed by atoms with Crippen molar-refractivity contribution in [3.63, 3.8) is 0 Å². The molecule has 0 amide bonds. The lowest BCUT2D eigenvalue weighted by Gasteiger charge is -2.24. The van der Waals surface area contributed by atoms with Crippen LogP contribution in [0, 0.1) is 0 Å². The van der Waals surface area contributed by atoms with E-state index in [1.807, 2.05) is 37.3 Å². The first-order valence-electron chi connectivity index (χ1n) is 11.9. The van der Waals surface area contributed by atoms with Crippen molar-refractivity contribution >= 4 is 28.6 Å². The van der Waals surface area contributed by atoms with Crippen LogP contribution in [0.5, 0.6) is 5.75 Å². The van der Waals surface area contributed by atoms with Crippen molar-refractivity contribution in [2.24, 2.45) is 0 Å². The summed E-state index contributed by atoms with van der Waals surface area (Å²) in [4.78, 5) is 13.1. The molecule has 7 heteroatoms. The van der Waals surface area contributed by atoms with Crippen molar-refractivity contribution in [1.82, 2.24) is 15.0 Å². The molecule has 0 spiro atoms. The number of fused-ring (bicyclic) bond motifs is 1. The van der Waals surface area contributed by atoms with E-state index in [1.54, 1.807) is 23.0 Å². The van der Waals surface area contributed by atoms with Gasteiger partial charge in [-0.15, -0.1) is 10.2 Å². The lowest BCUT2D eigenvalue weighted by Crippen LogP contribution is -2.14. The summed E-state index contributed by atoms with van der Waals surface area (Å²) in [5, 5.41) is 20.6. The first-order chi connectivity index (χ1) is 17.0. The summed E-state index contributed by atoms with van der Waals surface area (Å²) in [7, 11) is 0. The Morgan fingerprint density at radius 3 is 2.56 bits per heavy atom. The highest BCUT2D eigenvalue weighted by Gasteiger charge is 2.22. The standard InChI is InChI=1S/C29H30ClN3O3/c1-6-28(35)36-18(2)7-8-19-9-14-27(34)23(15-19)22-12-11-21(17-24(22)29(3,4)5)33-31-25-13-10-20(30)16-26(25)32-33/h6,9-18,34H,1,7-8H2,2-5H3. The summed E-state index contributed by atoms with van der Waals surface area (Å²) in [5.41, 5.74) is 5.90. The molecule has 0 bridgehead atoms. The second-order valence-corrected chi connectivity index (χ2v) is 10.4. The molecule has 0 fully saturated rings. The van der Waals surface area contributed by atoms with Crippen LogP contribution in [0.15, 0.2) is 67.3 Å². The quantitative estimate of drug-likeness (QED) is 0.222. The van der Waals surface area contributed by atoms with E-state index in [0.29, 0.717) is 17.9 Å². The van der Waals surface area contributed by atoms with Crippen LogP contribution in [0.2, 0.25) is 5.02 Å². The van der Waals surface area contributed by atoms with Crippen molar-refractivity contribution in [3.8, 4) is 22.6 Å². The highest BCUT2D eigenvalue weighted by molar-refractivity contribution is 6.31. The maximum absolute atomic E-state index is 11.5. The predicted octanol–water partition coefficient (Wildman–Crippen LogP) is 6.79. The monoisotopic (exact) mass is 503 g/mol. The lowest BCUT2D eigenvalue weighted by molar-refractivity contribution is -0.142. The third-order valence-electron chi connectivity index (χ3n) is 6.06. The van der Waals surface area contributed by atoms with E-state index < -0.39 is 5.97 Å². The molecule has 0 aliphatic rings. The number of aromatic hydroxyl groups is 1. The van der Waals surface area contributed by atoms with Gasteiger partial charge < -0.3 is 9.84 Å². The maximum Gasteiger partial charge on any atom is 0.330 e. The van der Waals surface area contributed by atoms with Gasteiger partial charge in [-0.3, -0.25) is 0 Å². The van der Waals surface area contributed by atoms with Gasteiger partial charge in [-0.25, -0.2) is 4.79 Å². The number of phenols is 1. The minimum atomic E-state index is -0.425. The largest absolute Gasteiger partial charge is 0.507 e. The Bertz CT molecular complexity index is 1440. The fourth-order valence-corrected chi connectivity index (χ4v) is 4.31. The van der Waals surface area contributed by atoms with Crippen LogP contribution in [0.3, 0.4) is 0 Å². The van der Waals surface area contributed by atoms with E-state index in [-0.39, 0.29) is 17.3 Å². The van der Waals surface area contributed by atoms with Gasteiger partial charge >= 0.3 is 5.97 Å². The number of ether oxygens (including phenoxy) is 1. The van der Waals surface area contributed by atoms with Gasteiger partial charge in [-0.05, 0) is 84.3 Å². The van der Waals surface area contributed by atoms with Crippen LogP contribution in [-0.4, -0.2) is 32.2 Å². The number of halogens is 1. The summed E-state index contributed by atoms with van der Waals surface area (Å²) in [6.07, 6.45) is 2.30. The Hall–Kier alpha value is -3.64. The van der Waals surface area contributed by atoms with E-state index in [0.717, 1.165) is 39.0 Å². The van der Waals surface area contributed by atoms with E-state index in [2.05, 4.69) is 43.6 Å². The summed E-state index contributed by atoms with van der Waals surface area (Å²) >= 11 is 6.12. The molecule has 4 aromatic rings. The second kappa shape index (κ2) is 10.2. The molecular formula is C29H30ClN3O3. The van der Waals surface area contributed by atoms with Gasteiger partial charge in [0, 0.05) is 16.7 Å². The van der Waals surface area contributed by atoms with Gasteiger partial charge in [0.1, 0.15) is 16.8 Å². The third-order valence-corrected chi connectivity index (χ3v) is 6.29. The average molecular weight is 504 g/mol. The van der Waals surface area contributed by atoms with Crippen molar-refractivity contribution < 1.29 is 14.6 Å². The smallest absolute Gasteiger partial charge is 0.330 e. The van der Waals surface area contributed by atoms with Crippen LogP contribution in [0.25, 0.3) is 27.8 Å². The number of carbonyl (C=O) groups is 1. The molecule has 0 aliphatic carbocycles. The van der Waals surface area contributed by atoms with Crippen molar-refractivity contribution in [2.75, 3.05) is 0 Å². The number of aryl methyl sites for hydroxylation is 1. The number of esters is 1. The van der Waals surface area contributed by atoms with Crippen LogP contribution in [-0.2, 0) is 21.4 Å². The summed E-state index contributed by atoms with van der Waals surface area (Å²) in [5.74, 6) is -0.216. The highest BCUT2D eigenvalue weighted by Crippen LogP contribution is 2.39. The lowest BCUT2D eigenvalue weighted by atomic mass is 9.81. The number of hydrogen-bond acceptors (Lipinski definition) is 5. The number of carbonyl (C=O) groups excluding carboxylic acids is 1. The molecule has 1 aromatic heterocycles. The second-order valence-electron chi connectivity index (χ2n) is 9.94. The average Bonchev–Trinajstić information content (AvgIpc) is 3.25. The van der Waals surface area contributed by atoms with Crippen LogP contribution >= 0.6 is 11.6 Å². The van der Waals surface area contributed by atoms with Gasteiger partial charge in [0.05, 0.1) is 11.8 Å². The van der Waals surface area contributed by atoms with Crippen molar-refractivity contribution in [1.29, 1.82) is 0 Å². The molecule has 4 rings (SSSR count). The molecule has 0 saturated heterocycles. The summed E-state index contributed by atoms with van der Waals surface area (Å²) in [6, 6.07) is 17.1. The fourth-order valence-electron chi connectivity index (χ4n) is 4.14. The molecule has 0 saturated carbocycles. The van der Waals surface area contributed by atoms with Crippen LogP contribution < -0.4 is 0 Å². The van der Waals surface area contributed by atoms with E-state index in [9.17, 15) is 9.90 Å². The molecule has 1 N–H and O–H groups in total. The Morgan fingerprint density at radius 1 is 1.08 bits per heavy atom. The summed E-state index contributed by atoms with van der Waals surface area (Å²) in [6.45, 7) is 11.7. The zero-order valence-corrected chi connectivity index (χ0v) is 21.7. The SMILES string of the molecule is C=CC(=O)OC(C)CCc1ccc(O)c(-c2ccc(-n3nc4ccc(Cl)cc4n3)cc2C(C)(C)C)c1.